The molecule has 2 heteroatoms. The largest absolute Gasteiger partial charge is 0.384 e. The van der Waals surface area contributed by atoms with Crippen LogP contribution in [0.15, 0.2) is 90.5 Å². The maximum Gasteiger partial charge on any atom is 0.105 e. The maximum atomic E-state index is 11.3. The Bertz CT molecular complexity index is 1000. The van der Waals surface area contributed by atoms with Crippen molar-refractivity contribution < 1.29 is 5.11 Å². The van der Waals surface area contributed by atoms with Crippen LogP contribution in [-0.4, -0.2) is 30.6 Å². The molecule has 1 aliphatic rings. The second-order valence-electron chi connectivity index (χ2n) is 7.44. The highest BCUT2D eigenvalue weighted by molar-refractivity contribution is 5.88. The molecule has 3 aromatic rings. The third-order valence-electron chi connectivity index (χ3n) is 5.24. The van der Waals surface area contributed by atoms with Gasteiger partial charge in [0.1, 0.15) is 6.10 Å². The number of fused-ring (bicyclic) bond motifs is 1. The fourth-order valence-corrected chi connectivity index (χ4v) is 4.03. The van der Waals surface area contributed by atoms with Crippen LogP contribution in [-0.2, 0) is 0 Å². The zero-order valence-corrected chi connectivity index (χ0v) is 15.8. The molecule has 1 aliphatic carbocycles. The van der Waals surface area contributed by atoms with Crippen molar-refractivity contribution in [1.82, 2.24) is 4.90 Å². The molecule has 0 saturated heterocycles. The number of rotatable bonds is 5. The zero-order valence-electron chi connectivity index (χ0n) is 15.8. The molecule has 0 heterocycles. The second kappa shape index (κ2) is 7.51. The first kappa shape index (κ1) is 17.7. The Morgan fingerprint density at radius 2 is 1.67 bits per heavy atom. The fraction of sp³-hybridized carbons (Fsp3) is 0.200. The summed E-state index contributed by atoms with van der Waals surface area (Å²) in [5.41, 5.74) is 4.49. The highest BCUT2D eigenvalue weighted by atomic mass is 16.3. The Balaban J connectivity index is 1.89. The summed E-state index contributed by atoms with van der Waals surface area (Å²) < 4.78 is 0. The summed E-state index contributed by atoms with van der Waals surface area (Å²) in [7, 11) is 4.19. The molecule has 0 bridgehead atoms. The molecule has 0 aliphatic heterocycles. The Morgan fingerprint density at radius 1 is 0.926 bits per heavy atom. The van der Waals surface area contributed by atoms with Crippen LogP contribution in [0.5, 0.6) is 0 Å². The van der Waals surface area contributed by atoms with E-state index in [2.05, 4.69) is 61.5 Å². The van der Waals surface area contributed by atoms with E-state index in [1.165, 1.54) is 11.1 Å². The topological polar surface area (TPSA) is 23.5 Å². The van der Waals surface area contributed by atoms with Crippen LogP contribution in [0.4, 0.5) is 0 Å². The van der Waals surface area contributed by atoms with Gasteiger partial charge in [-0.05, 0) is 47.1 Å². The van der Waals surface area contributed by atoms with Crippen molar-refractivity contribution in [2.24, 2.45) is 0 Å². The summed E-state index contributed by atoms with van der Waals surface area (Å²) in [6, 6.07) is 22.6. The summed E-state index contributed by atoms with van der Waals surface area (Å²) in [5, 5.41) is 13.6. The quantitative estimate of drug-likeness (QED) is 0.691. The van der Waals surface area contributed by atoms with E-state index in [0.717, 1.165) is 28.4 Å². The summed E-state index contributed by atoms with van der Waals surface area (Å²) in [6.07, 6.45) is 5.93. The van der Waals surface area contributed by atoms with Gasteiger partial charge in [-0.25, -0.2) is 0 Å². The number of hydrogen-bond acceptors (Lipinski definition) is 2. The average Bonchev–Trinajstić information content (AvgIpc) is 3.14. The van der Waals surface area contributed by atoms with Gasteiger partial charge in [0.05, 0.1) is 0 Å². The first-order valence-corrected chi connectivity index (χ1v) is 9.41. The lowest BCUT2D eigenvalue weighted by molar-refractivity contribution is 0.220. The standard InChI is InChI=1S/C25H25NO/c1-26(2)17-20-12-8-14-21(20)23-16-15-18-9-6-7-13-22(18)24(23)25(27)19-10-4-3-5-11-19/h3-16,21,25,27H,17H2,1-2H3. The minimum absolute atomic E-state index is 0.199. The lowest BCUT2D eigenvalue weighted by atomic mass is 9.83. The molecule has 27 heavy (non-hydrogen) atoms. The van der Waals surface area contributed by atoms with Crippen LogP contribution in [0.3, 0.4) is 0 Å². The summed E-state index contributed by atoms with van der Waals surface area (Å²) in [5.74, 6) is 0.199. The summed E-state index contributed by atoms with van der Waals surface area (Å²) in [6.45, 7) is 0.908. The van der Waals surface area contributed by atoms with Crippen LogP contribution in [0, 0.1) is 0 Å². The Labute approximate surface area is 161 Å². The molecule has 0 fully saturated rings. The van der Waals surface area contributed by atoms with Crippen LogP contribution in [0.25, 0.3) is 10.8 Å². The zero-order chi connectivity index (χ0) is 18.8. The molecule has 0 amide bonds. The van der Waals surface area contributed by atoms with Gasteiger partial charge < -0.3 is 10.0 Å². The van der Waals surface area contributed by atoms with E-state index < -0.39 is 6.10 Å². The number of benzene rings is 3. The van der Waals surface area contributed by atoms with Crippen LogP contribution < -0.4 is 0 Å². The van der Waals surface area contributed by atoms with E-state index in [1.54, 1.807) is 0 Å². The van der Waals surface area contributed by atoms with Crippen LogP contribution >= 0.6 is 0 Å². The Kier molecular flexibility index (Phi) is 4.93. The number of allylic oxidation sites excluding steroid dienone is 3. The van der Waals surface area contributed by atoms with Crippen LogP contribution in [0.2, 0.25) is 0 Å². The average molecular weight is 355 g/mol. The van der Waals surface area contributed by atoms with Crippen molar-refractivity contribution in [2.75, 3.05) is 20.6 Å². The van der Waals surface area contributed by atoms with Gasteiger partial charge in [-0.1, -0.05) is 85.0 Å². The van der Waals surface area contributed by atoms with E-state index in [1.807, 2.05) is 42.5 Å². The van der Waals surface area contributed by atoms with Crippen molar-refractivity contribution >= 4 is 10.8 Å². The van der Waals surface area contributed by atoms with Crippen molar-refractivity contribution in [2.45, 2.75) is 12.0 Å². The third kappa shape index (κ3) is 3.46. The van der Waals surface area contributed by atoms with E-state index in [0.29, 0.717) is 0 Å². The van der Waals surface area contributed by atoms with Gasteiger partial charge in [0.15, 0.2) is 0 Å². The number of aliphatic hydroxyl groups is 1. The van der Waals surface area contributed by atoms with Crippen LogP contribution in [0.1, 0.15) is 28.7 Å². The van der Waals surface area contributed by atoms with Gasteiger partial charge in [0.25, 0.3) is 0 Å². The molecule has 0 spiro atoms. The van der Waals surface area contributed by atoms with E-state index >= 15 is 0 Å². The normalized spacial score (nSPS) is 17.5. The Hall–Kier alpha value is -2.68. The summed E-state index contributed by atoms with van der Waals surface area (Å²) >= 11 is 0. The molecule has 0 radical (unpaired) electrons. The predicted molar refractivity (Wildman–Crippen MR) is 113 cm³/mol. The van der Waals surface area contributed by atoms with Crippen molar-refractivity contribution in [3.05, 3.63) is 107 Å². The second-order valence-corrected chi connectivity index (χ2v) is 7.44. The highest BCUT2D eigenvalue weighted by Gasteiger charge is 2.25. The molecular formula is C25H25NO. The molecule has 2 nitrogen and oxygen atoms in total. The summed E-state index contributed by atoms with van der Waals surface area (Å²) in [4.78, 5) is 2.19. The first-order chi connectivity index (χ1) is 13.1. The minimum atomic E-state index is -0.651. The van der Waals surface area contributed by atoms with E-state index in [4.69, 9.17) is 0 Å². The minimum Gasteiger partial charge on any atom is -0.384 e. The smallest absolute Gasteiger partial charge is 0.105 e. The fourth-order valence-electron chi connectivity index (χ4n) is 4.03. The molecular weight excluding hydrogens is 330 g/mol. The predicted octanol–water partition coefficient (Wildman–Crippen LogP) is 5.06. The van der Waals surface area contributed by atoms with Crippen molar-refractivity contribution in [3.63, 3.8) is 0 Å². The molecule has 136 valence electrons. The van der Waals surface area contributed by atoms with E-state index in [-0.39, 0.29) is 5.92 Å². The molecule has 2 atom stereocenters. The number of likely N-dealkylation sites (N-methyl/N-ethyl adjacent to an activating group) is 1. The van der Waals surface area contributed by atoms with Gasteiger partial charge in [-0.15, -0.1) is 0 Å². The van der Waals surface area contributed by atoms with Gasteiger partial charge in [-0.2, -0.15) is 0 Å². The lowest BCUT2D eigenvalue weighted by Gasteiger charge is -2.25. The highest BCUT2D eigenvalue weighted by Crippen LogP contribution is 2.40. The molecule has 1 N–H and O–H groups in total. The molecule has 2 unspecified atom stereocenters. The van der Waals surface area contributed by atoms with Crippen molar-refractivity contribution in [3.8, 4) is 0 Å². The molecule has 4 rings (SSSR count). The van der Waals surface area contributed by atoms with Gasteiger partial charge in [0, 0.05) is 12.5 Å². The van der Waals surface area contributed by atoms with E-state index in [9.17, 15) is 5.11 Å². The van der Waals surface area contributed by atoms with Gasteiger partial charge in [-0.3, -0.25) is 0 Å². The number of nitrogens with zero attached hydrogens (tertiary/aromatic N) is 1. The third-order valence-corrected chi connectivity index (χ3v) is 5.24. The number of aliphatic hydroxyl groups excluding tert-OH is 1. The lowest BCUT2D eigenvalue weighted by Crippen LogP contribution is -2.18. The maximum absolute atomic E-state index is 11.3. The van der Waals surface area contributed by atoms with Gasteiger partial charge in [0.2, 0.25) is 0 Å². The first-order valence-electron chi connectivity index (χ1n) is 9.41. The monoisotopic (exact) mass is 355 g/mol. The number of hydrogen-bond donors (Lipinski definition) is 1. The molecule has 0 aromatic heterocycles. The SMILES string of the molecule is CN(C)CC1=CC=CC1c1ccc2ccccc2c1C(O)c1ccccc1. The van der Waals surface area contributed by atoms with Crippen molar-refractivity contribution in [1.29, 1.82) is 0 Å². The molecule has 0 saturated carbocycles. The molecule has 3 aromatic carbocycles. The van der Waals surface area contributed by atoms with Gasteiger partial charge >= 0.3 is 0 Å². The Morgan fingerprint density at radius 3 is 2.44 bits per heavy atom.